The highest BCUT2D eigenvalue weighted by Crippen LogP contribution is 2.46. The van der Waals surface area contributed by atoms with Gasteiger partial charge in [0.05, 0.1) is 55.2 Å². The number of hydrazine groups is 1. The average molecular weight is 1090 g/mol. The van der Waals surface area contributed by atoms with E-state index in [-0.39, 0.29) is 66.1 Å². The maximum Gasteiger partial charge on any atom is 0.324 e. The molecule has 2 aliphatic carbocycles. The molecule has 6 saturated heterocycles. The molecule has 2 aromatic heterocycles. The van der Waals surface area contributed by atoms with Gasteiger partial charge in [-0.1, -0.05) is 70.9 Å². The van der Waals surface area contributed by atoms with Gasteiger partial charge in [-0.15, -0.1) is 0 Å². The van der Waals surface area contributed by atoms with Crippen molar-refractivity contribution in [2.45, 2.75) is 160 Å². The normalized spacial score (nSPS) is 27.9. The number of likely N-dealkylation sites (tertiary alicyclic amines) is 2. The van der Waals surface area contributed by atoms with E-state index in [1.165, 1.54) is 18.4 Å². The van der Waals surface area contributed by atoms with Crippen LogP contribution in [0.1, 0.15) is 122 Å². The number of hydrogen-bond acceptors (Lipinski definition) is 12. The van der Waals surface area contributed by atoms with Crippen molar-refractivity contribution in [1.82, 2.24) is 45.3 Å². The molecule has 6 bridgehead atoms. The van der Waals surface area contributed by atoms with Crippen LogP contribution in [0.3, 0.4) is 0 Å². The Labute approximate surface area is 473 Å². The SMILES string of the molecule is CCn1c(-c2cc(N3CCN4CCOC[C@@H]4C3)cnc2C(C)C)c2c3cc(ccc31)-c1cccc(c1)C[C@H](NC(=O)[C@H](C1CCCC1)N1CCCC3(CN(C(=O)[C@@H]4N[C@@H]4C4CC4)C3)C1)C(=O)N1CCC[C@H](N1)C(=O)OCC(C)(C)C2. The Hall–Kier alpha value is -5.39. The second kappa shape index (κ2) is 21.7. The molecule has 13 rings (SSSR count). The number of esters is 1. The number of piperidine rings is 1. The second-order valence-electron chi connectivity index (χ2n) is 26.8. The van der Waals surface area contributed by atoms with Crippen molar-refractivity contribution in [3.8, 4) is 22.4 Å². The number of pyridine rings is 1. The van der Waals surface area contributed by atoms with E-state index in [1.54, 1.807) is 5.01 Å². The van der Waals surface area contributed by atoms with Crippen LogP contribution in [0.25, 0.3) is 33.3 Å². The number of rotatable bonds is 10. The number of ether oxygens (including phenoxy) is 2. The van der Waals surface area contributed by atoms with E-state index in [1.807, 2.05) is 0 Å². The van der Waals surface area contributed by atoms with Crippen LogP contribution in [-0.2, 0) is 48.0 Å². The molecule has 6 atom stereocenters. The zero-order valence-electron chi connectivity index (χ0n) is 48.1. The van der Waals surface area contributed by atoms with Gasteiger partial charge in [-0.2, -0.15) is 0 Å². The molecule has 16 heteroatoms. The van der Waals surface area contributed by atoms with Crippen LogP contribution in [0.15, 0.2) is 54.7 Å². The van der Waals surface area contributed by atoms with Gasteiger partial charge < -0.3 is 29.2 Å². The molecule has 7 aliphatic heterocycles. The van der Waals surface area contributed by atoms with Crippen molar-refractivity contribution >= 4 is 40.3 Å². The summed E-state index contributed by atoms with van der Waals surface area (Å²) in [5, 5.41) is 9.62. The van der Waals surface area contributed by atoms with Crippen molar-refractivity contribution in [2.75, 3.05) is 83.6 Å². The highest BCUT2D eigenvalue weighted by atomic mass is 16.5. The monoisotopic (exact) mass is 1090 g/mol. The molecule has 0 unspecified atom stereocenters. The van der Waals surface area contributed by atoms with Crippen LogP contribution in [0, 0.1) is 22.7 Å². The first-order valence-electron chi connectivity index (χ1n) is 30.9. The molecule has 9 heterocycles. The topological polar surface area (TPSA) is 167 Å². The lowest BCUT2D eigenvalue weighted by molar-refractivity contribution is -0.155. The molecule has 1 spiro atoms. The Kier molecular flexibility index (Phi) is 14.6. The largest absolute Gasteiger partial charge is 0.464 e. The number of cyclic esters (lactones) is 1. The summed E-state index contributed by atoms with van der Waals surface area (Å²) >= 11 is 0. The van der Waals surface area contributed by atoms with Crippen LogP contribution in [0.2, 0.25) is 0 Å². The highest BCUT2D eigenvalue weighted by molar-refractivity contribution is 5.96. The summed E-state index contributed by atoms with van der Waals surface area (Å²) in [6, 6.07) is 16.4. The van der Waals surface area contributed by atoms with E-state index in [0.29, 0.717) is 43.8 Å². The van der Waals surface area contributed by atoms with Gasteiger partial charge in [-0.05, 0) is 129 Å². The van der Waals surface area contributed by atoms with Crippen LogP contribution in [0.5, 0.6) is 0 Å². The molecule has 0 radical (unpaired) electrons. The van der Waals surface area contributed by atoms with Crippen molar-refractivity contribution in [3.05, 3.63) is 71.5 Å². The minimum Gasteiger partial charge on any atom is -0.464 e. The Balaban J connectivity index is 0.834. The fraction of sp³-hybridized carbons (Fsp3) is 0.641. The van der Waals surface area contributed by atoms with E-state index in [2.05, 4.69) is 130 Å². The van der Waals surface area contributed by atoms with E-state index in [9.17, 15) is 9.59 Å². The summed E-state index contributed by atoms with van der Waals surface area (Å²) in [7, 11) is 0. The number of aromatic nitrogens is 2. The summed E-state index contributed by atoms with van der Waals surface area (Å²) in [6.45, 7) is 20.8. The third-order valence-corrected chi connectivity index (χ3v) is 19.9. The number of amides is 3. The molecule has 16 nitrogen and oxygen atoms in total. The van der Waals surface area contributed by atoms with E-state index in [4.69, 9.17) is 14.5 Å². The zero-order chi connectivity index (χ0) is 55.0. The number of nitrogens with zero attached hydrogens (tertiary/aromatic N) is 7. The molecule has 2 aromatic carbocycles. The van der Waals surface area contributed by atoms with Gasteiger partial charge in [0.2, 0.25) is 11.8 Å². The first-order chi connectivity index (χ1) is 38.7. The standard InChI is InChI=1S/C64H86N10O6/c1-6-73-53-20-19-45-30-48(53)50(58(73)49-31-46(33-65-54(49)40(2)3)70-25-24-69-26-27-79-35-47(69)34-70)32-63(4,5)39-80-62(78)51-16-10-23-74(68-51)60(76)52(29-41-12-9-15-44(45)28-41)66-59(75)57(43-13-7-8-14-43)71-22-11-21-64(36-71)37-72(38-64)61(77)56-55(67-56)42-17-18-42/h9,12,15,19-20,28,30-31,33,40,42-43,47,51-52,55-57,67-68H,6-8,10-11,13-14,16-18,21-27,29,32,34-39H2,1-5H3,(H,66,75)/t47-,51-,52-,55+,56+,57-/m0/s1. The van der Waals surface area contributed by atoms with Crippen LogP contribution in [-0.4, -0.2) is 168 Å². The molecular weight excluding hydrogens is 1000 g/mol. The summed E-state index contributed by atoms with van der Waals surface area (Å²) in [4.78, 5) is 73.2. The molecular formula is C64H86N10O6. The molecule has 8 fully saturated rings. The van der Waals surface area contributed by atoms with Gasteiger partial charge in [0.1, 0.15) is 18.1 Å². The molecule has 4 aromatic rings. The van der Waals surface area contributed by atoms with E-state index >= 15 is 9.59 Å². The van der Waals surface area contributed by atoms with Gasteiger partial charge in [0.25, 0.3) is 5.91 Å². The number of hydrogen-bond donors (Lipinski definition) is 3. The number of fused-ring (bicyclic) bond motifs is 7. The second-order valence-corrected chi connectivity index (χ2v) is 26.8. The van der Waals surface area contributed by atoms with Crippen LogP contribution >= 0.6 is 0 Å². The molecule has 80 heavy (non-hydrogen) atoms. The molecule has 3 N–H and O–H groups in total. The van der Waals surface area contributed by atoms with Crippen molar-refractivity contribution in [1.29, 1.82) is 0 Å². The Morgan fingerprint density at radius 3 is 2.52 bits per heavy atom. The molecule has 3 amide bonds. The minimum atomic E-state index is -0.891. The van der Waals surface area contributed by atoms with Crippen LogP contribution < -0.4 is 21.0 Å². The number of nitrogens with one attached hydrogen (secondary N) is 3. The maximum atomic E-state index is 15.3. The first kappa shape index (κ1) is 53.9. The Morgan fingerprint density at radius 2 is 1.73 bits per heavy atom. The van der Waals surface area contributed by atoms with Crippen molar-refractivity contribution < 1.29 is 28.7 Å². The molecule has 428 valence electrons. The fourth-order valence-corrected chi connectivity index (χ4v) is 15.5. The third-order valence-electron chi connectivity index (χ3n) is 19.9. The Morgan fingerprint density at radius 1 is 0.900 bits per heavy atom. The molecule has 9 aliphatic rings. The number of carbonyl (C=O) groups is 4. The highest BCUT2D eigenvalue weighted by Gasteiger charge is 2.57. The van der Waals surface area contributed by atoms with E-state index < -0.39 is 17.5 Å². The predicted octanol–water partition coefficient (Wildman–Crippen LogP) is 6.92. The lowest BCUT2D eigenvalue weighted by atomic mass is 9.72. The smallest absolute Gasteiger partial charge is 0.324 e. The molecule has 2 saturated carbocycles. The summed E-state index contributed by atoms with van der Waals surface area (Å²) in [5.41, 5.74) is 12.7. The number of benzene rings is 2. The lowest BCUT2D eigenvalue weighted by Gasteiger charge is -2.56. The summed E-state index contributed by atoms with van der Waals surface area (Å²) in [5.74, 6) is 0.536. The third kappa shape index (κ3) is 10.6. The minimum absolute atomic E-state index is 0.0200. The van der Waals surface area contributed by atoms with Gasteiger partial charge in [-0.3, -0.25) is 44.3 Å². The summed E-state index contributed by atoms with van der Waals surface area (Å²) in [6.07, 6.45) is 12.7. The van der Waals surface area contributed by atoms with Gasteiger partial charge in [-0.25, -0.2) is 5.43 Å². The van der Waals surface area contributed by atoms with Crippen molar-refractivity contribution in [2.24, 2.45) is 22.7 Å². The van der Waals surface area contributed by atoms with Gasteiger partial charge in [0, 0.05) is 98.7 Å². The number of anilines is 1. The fourth-order valence-electron chi connectivity index (χ4n) is 15.5. The number of carbonyl (C=O) groups excluding carboxylic acids is 4. The van der Waals surface area contributed by atoms with Crippen molar-refractivity contribution in [3.63, 3.8) is 0 Å². The van der Waals surface area contributed by atoms with Crippen LogP contribution in [0.4, 0.5) is 5.69 Å². The van der Waals surface area contributed by atoms with E-state index in [0.717, 1.165) is 161 Å². The van der Waals surface area contributed by atoms with Gasteiger partial charge in [0.15, 0.2) is 0 Å². The van der Waals surface area contributed by atoms with Gasteiger partial charge >= 0.3 is 5.97 Å². The predicted molar refractivity (Wildman–Crippen MR) is 310 cm³/mol. The maximum absolute atomic E-state index is 15.3. The average Bonchev–Trinajstić information content (AvgIpc) is 4.27. The zero-order valence-corrected chi connectivity index (χ0v) is 48.1. The quantitative estimate of drug-likeness (QED) is 0.111. The number of piperazine rings is 1. The number of aryl methyl sites for hydroxylation is 1. The first-order valence-corrected chi connectivity index (χ1v) is 30.9. The Bertz CT molecular complexity index is 3010. The summed E-state index contributed by atoms with van der Waals surface area (Å²) < 4.78 is 14.8. The number of morpholine rings is 1. The lowest BCUT2D eigenvalue weighted by Crippen LogP contribution is -2.68.